The van der Waals surface area contributed by atoms with Crippen LogP contribution in [0.3, 0.4) is 0 Å². The number of hydrogen-bond acceptors (Lipinski definition) is 4. The van der Waals surface area contributed by atoms with Crippen molar-refractivity contribution in [1.82, 2.24) is 9.97 Å². The minimum atomic E-state index is 0.308. The van der Waals surface area contributed by atoms with Crippen LogP contribution in [0.2, 0.25) is 0 Å². The van der Waals surface area contributed by atoms with Crippen LogP contribution in [0, 0.1) is 0 Å². The van der Waals surface area contributed by atoms with Crippen molar-refractivity contribution in [3.05, 3.63) is 18.0 Å². The third-order valence-corrected chi connectivity index (χ3v) is 2.70. The Morgan fingerprint density at radius 1 is 1.57 bits per heavy atom. The fourth-order valence-electron chi connectivity index (χ4n) is 1.41. The van der Waals surface area contributed by atoms with Gasteiger partial charge in [-0.15, -0.1) is 0 Å². The molecule has 0 amide bonds. The van der Waals surface area contributed by atoms with Crippen LogP contribution in [-0.4, -0.2) is 23.1 Å². The van der Waals surface area contributed by atoms with Crippen molar-refractivity contribution in [1.29, 1.82) is 0 Å². The normalized spacial score (nSPS) is 17.9. The first-order valence-corrected chi connectivity index (χ1v) is 5.02. The minimum absolute atomic E-state index is 0.308. The molecule has 2 rings (SSSR count). The van der Waals surface area contributed by atoms with E-state index < -0.39 is 0 Å². The van der Waals surface area contributed by atoms with Crippen molar-refractivity contribution in [2.45, 2.75) is 25.2 Å². The summed E-state index contributed by atoms with van der Waals surface area (Å²) in [5.74, 6) is 0.695. The topological polar surface area (TPSA) is 63.8 Å². The molecule has 4 heteroatoms. The van der Waals surface area contributed by atoms with Crippen LogP contribution in [0.5, 0.6) is 0 Å². The fourth-order valence-corrected chi connectivity index (χ4v) is 1.41. The maximum absolute atomic E-state index is 5.39. The largest absolute Gasteiger partial charge is 0.353 e. The second-order valence-corrected chi connectivity index (χ2v) is 4.04. The molecule has 1 fully saturated rings. The molecule has 0 atom stereocenters. The molecule has 14 heavy (non-hydrogen) atoms. The van der Waals surface area contributed by atoms with Gasteiger partial charge in [0.15, 0.2) is 0 Å². The SMILES string of the molecule is CC1(c2ccnc(NCCN)n2)CC1. The smallest absolute Gasteiger partial charge is 0.222 e. The summed E-state index contributed by atoms with van der Waals surface area (Å²) < 4.78 is 0. The second-order valence-electron chi connectivity index (χ2n) is 4.04. The molecule has 1 aromatic heterocycles. The summed E-state index contributed by atoms with van der Waals surface area (Å²) in [5.41, 5.74) is 6.85. The number of rotatable bonds is 4. The van der Waals surface area contributed by atoms with Crippen LogP contribution >= 0.6 is 0 Å². The van der Waals surface area contributed by atoms with Gasteiger partial charge in [-0.05, 0) is 18.9 Å². The lowest BCUT2D eigenvalue weighted by atomic mass is 10.1. The zero-order valence-electron chi connectivity index (χ0n) is 8.45. The Morgan fingerprint density at radius 3 is 3.00 bits per heavy atom. The zero-order valence-corrected chi connectivity index (χ0v) is 8.45. The molecule has 76 valence electrons. The first kappa shape index (κ1) is 9.40. The predicted octanol–water partition coefficient (Wildman–Crippen LogP) is 0.899. The van der Waals surface area contributed by atoms with E-state index >= 15 is 0 Å². The molecule has 1 aromatic rings. The monoisotopic (exact) mass is 192 g/mol. The predicted molar refractivity (Wildman–Crippen MR) is 56.2 cm³/mol. The van der Waals surface area contributed by atoms with Gasteiger partial charge in [-0.2, -0.15) is 0 Å². The highest BCUT2D eigenvalue weighted by atomic mass is 15.1. The van der Waals surface area contributed by atoms with Gasteiger partial charge in [-0.1, -0.05) is 6.92 Å². The van der Waals surface area contributed by atoms with Crippen molar-refractivity contribution in [2.75, 3.05) is 18.4 Å². The first-order chi connectivity index (χ1) is 6.74. The molecule has 0 spiro atoms. The van der Waals surface area contributed by atoms with E-state index in [0.717, 1.165) is 12.2 Å². The molecule has 1 aliphatic carbocycles. The average Bonchev–Trinajstić information content (AvgIpc) is 2.95. The molecule has 0 radical (unpaired) electrons. The maximum Gasteiger partial charge on any atom is 0.222 e. The van der Waals surface area contributed by atoms with Crippen LogP contribution in [0.4, 0.5) is 5.95 Å². The summed E-state index contributed by atoms with van der Waals surface area (Å²) in [6, 6.07) is 2.00. The number of nitrogens with zero attached hydrogens (tertiary/aromatic N) is 2. The lowest BCUT2D eigenvalue weighted by Gasteiger charge is -2.09. The number of aromatic nitrogens is 2. The molecule has 0 aromatic carbocycles. The summed E-state index contributed by atoms with van der Waals surface area (Å²) in [6.07, 6.45) is 4.28. The van der Waals surface area contributed by atoms with Gasteiger partial charge in [0.2, 0.25) is 5.95 Å². The van der Waals surface area contributed by atoms with Crippen molar-refractivity contribution in [3.63, 3.8) is 0 Å². The average molecular weight is 192 g/mol. The summed E-state index contributed by atoms with van der Waals surface area (Å²) in [7, 11) is 0. The van der Waals surface area contributed by atoms with Gasteiger partial charge < -0.3 is 11.1 Å². The standard InChI is InChI=1S/C10H16N4/c1-10(3-4-10)8-2-6-12-9(14-8)13-7-5-11/h2,6H,3-5,7,11H2,1H3,(H,12,13,14). The lowest BCUT2D eigenvalue weighted by molar-refractivity contribution is 0.744. The van der Waals surface area contributed by atoms with Crippen molar-refractivity contribution < 1.29 is 0 Å². The van der Waals surface area contributed by atoms with Crippen LogP contribution in [0.15, 0.2) is 12.3 Å². The fraction of sp³-hybridized carbons (Fsp3) is 0.600. The Hall–Kier alpha value is -1.16. The molecule has 0 saturated heterocycles. The Morgan fingerprint density at radius 2 is 2.36 bits per heavy atom. The van der Waals surface area contributed by atoms with Crippen molar-refractivity contribution >= 4 is 5.95 Å². The molecular formula is C10H16N4. The number of nitrogens with two attached hydrogens (primary N) is 1. The minimum Gasteiger partial charge on any atom is -0.353 e. The van der Waals surface area contributed by atoms with Crippen LogP contribution in [0.1, 0.15) is 25.5 Å². The van der Waals surface area contributed by atoms with Crippen LogP contribution < -0.4 is 11.1 Å². The van der Waals surface area contributed by atoms with Crippen LogP contribution in [-0.2, 0) is 5.41 Å². The molecule has 4 nitrogen and oxygen atoms in total. The number of hydrogen-bond donors (Lipinski definition) is 2. The molecule has 1 saturated carbocycles. The van der Waals surface area contributed by atoms with E-state index in [4.69, 9.17) is 5.73 Å². The Balaban J connectivity index is 2.11. The molecule has 3 N–H and O–H groups in total. The van der Waals surface area contributed by atoms with E-state index in [-0.39, 0.29) is 0 Å². The highest BCUT2D eigenvalue weighted by Crippen LogP contribution is 2.46. The van der Waals surface area contributed by atoms with Gasteiger partial charge in [-0.3, -0.25) is 0 Å². The number of nitrogens with one attached hydrogen (secondary N) is 1. The zero-order chi connectivity index (χ0) is 10.0. The van der Waals surface area contributed by atoms with Crippen LogP contribution in [0.25, 0.3) is 0 Å². The van der Waals surface area contributed by atoms with E-state index in [0.29, 0.717) is 17.9 Å². The van der Waals surface area contributed by atoms with Gasteiger partial charge in [0.05, 0.1) is 5.69 Å². The Kier molecular flexibility index (Phi) is 2.37. The lowest BCUT2D eigenvalue weighted by Crippen LogP contribution is -2.16. The van der Waals surface area contributed by atoms with E-state index in [2.05, 4.69) is 22.2 Å². The maximum atomic E-state index is 5.39. The van der Waals surface area contributed by atoms with Gasteiger partial charge >= 0.3 is 0 Å². The molecular weight excluding hydrogens is 176 g/mol. The third kappa shape index (κ3) is 1.85. The van der Waals surface area contributed by atoms with E-state index in [1.165, 1.54) is 12.8 Å². The molecule has 1 heterocycles. The van der Waals surface area contributed by atoms with Gasteiger partial charge in [0, 0.05) is 24.7 Å². The van der Waals surface area contributed by atoms with Gasteiger partial charge in [-0.25, -0.2) is 9.97 Å². The molecule has 0 aliphatic heterocycles. The summed E-state index contributed by atoms with van der Waals surface area (Å²) >= 11 is 0. The van der Waals surface area contributed by atoms with E-state index in [9.17, 15) is 0 Å². The van der Waals surface area contributed by atoms with Crippen molar-refractivity contribution in [2.24, 2.45) is 5.73 Å². The highest BCUT2D eigenvalue weighted by Gasteiger charge is 2.40. The van der Waals surface area contributed by atoms with Crippen molar-refractivity contribution in [3.8, 4) is 0 Å². The molecule has 0 unspecified atom stereocenters. The second kappa shape index (κ2) is 3.53. The highest BCUT2D eigenvalue weighted by molar-refractivity contribution is 5.30. The number of anilines is 1. The molecule has 1 aliphatic rings. The third-order valence-electron chi connectivity index (χ3n) is 2.70. The van der Waals surface area contributed by atoms with E-state index in [1.807, 2.05) is 12.3 Å². The molecule has 0 bridgehead atoms. The first-order valence-electron chi connectivity index (χ1n) is 5.02. The Labute approximate surface area is 83.9 Å². The summed E-state index contributed by atoms with van der Waals surface area (Å²) in [6.45, 7) is 3.56. The van der Waals surface area contributed by atoms with Gasteiger partial charge in [0.25, 0.3) is 0 Å². The summed E-state index contributed by atoms with van der Waals surface area (Å²) in [5, 5.41) is 3.09. The van der Waals surface area contributed by atoms with E-state index in [1.54, 1.807) is 0 Å². The summed E-state index contributed by atoms with van der Waals surface area (Å²) in [4.78, 5) is 8.61. The quantitative estimate of drug-likeness (QED) is 0.744. The Bertz CT molecular complexity index is 320. The van der Waals surface area contributed by atoms with Gasteiger partial charge in [0.1, 0.15) is 0 Å².